The van der Waals surface area contributed by atoms with Crippen LogP contribution in [-0.2, 0) is 9.84 Å². The first-order valence-electron chi connectivity index (χ1n) is 8.56. The minimum Gasteiger partial charge on any atom is -0.312 e. The second-order valence-corrected chi connectivity index (χ2v) is 9.05. The van der Waals surface area contributed by atoms with E-state index >= 15 is 0 Å². The van der Waals surface area contributed by atoms with Crippen LogP contribution in [0.4, 0.5) is 0 Å². The Morgan fingerprint density at radius 2 is 1.34 bits per heavy atom. The van der Waals surface area contributed by atoms with Crippen molar-refractivity contribution in [3.8, 4) is 6.07 Å². The molecule has 1 N–H and O–H groups in total. The van der Waals surface area contributed by atoms with Gasteiger partial charge in [-0.2, -0.15) is 5.26 Å². The van der Waals surface area contributed by atoms with Gasteiger partial charge >= 0.3 is 0 Å². The van der Waals surface area contributed by atoms with Crippen molar-refractivity contribution >= 4 is 27.5 Å². The van der Waals surface area contributed by atoms with E-state index in [9.17, 15) is 18.5 Å². The molecule has 7 heteroatoms. The maximum absolute atomic E-state index is 13.3. The van der Waals surface area contributed by atoms with Crippen molar-refractivity contribution in [3.63, 3.8) is 0 Å². The Hall–Kier alpha value is -3.34. The average Bonchev–Trinajstić information content (AvgIpc) is 2.77. The summed E-state index contributed by atoms with van der Waals surface area (Å²) in [4.78, 5) is 13.2. The van der Waals surface area contributed by atoms with Crippen LogP contribution in [0.3, 0.4) is 0 Å². The molecule has 0 saturated heterocycles. The zero-order valence-corrected chi connectivity index (χ0v) is 16.8. The van der Waals surface area contributed by atoms with Gasteiger partial charge in [0.05, 0.1) is 4.90 Å². The van der Waals surface area contributed by atoms with E-state index in [1.165, 1.54) is 12.1 Å². The molecule has 144 valence electrons. The van der Waals surface area contributed by atoms with E-state index in [4.69, 9.17) is 0 Å². The molecule has 0 aliphatic heterocycles. The highest BCUT2D eigenvalue weighted by molar-refractivity contribution is 8.18. The van der Waals surface area contributed by atoms with Crippen LogP contribution in [0, 0.1) is 11.3 Å². The van der Waals surface area contributed by atoms with Gasteiger partial charge in [-0.15, -0.1) is 0 Å². The molecule has 0 spiro atoms. The average molecular weight is 421 g/mol. The number of hydrogen-bond acceptors (Lipinski definition) is 5. The quantitative estimate of drug-likeness (QED) is 0.472. The highest BCUT2D eigenvalue weighted by Gasteiger charge is 2.27. The molecule has 0 aliphatic carbocycles. The Bertz CT molecular complexity index is 1170. The fourth-order valence-electron chi connectivity index (χ4n) is 2.44. The van der Waals surface area contributed by atoms with Crippen LogP contribution in [0.2, 0.25) is 0 Å². The van der Waals surface area contributed by atoms with Crippen molar-refractivity contribution in [3.05, 3.63) is 106 Å². The first kappa shape index (κ1) is 20.4. The number of rotatable bonds is 6. The first-order chi connectivity index (χ1) is 14.0. The molecule has 3 aromatic carbocycles. The predicted octanol–water partition coefficient (Wildman–Crippen LogP) is 4.38. The Morgan fingerprint density at radius 1 is 0.828 bits per heavy atom. The third-order valence-electron chi connectivity index (χ3n) is 3.84. The highest BCUT2D eigenvalue weighted by Crippen LogP contribution is 2.36. The largest absolute Gasteiger partial charge is 0.312 e. The van der Waals surface area contributed by atoms with Crippen LogP contribution in [0.25, 0.3) is 0 Å². The second-order valence-electron chi connectivity index (χ2n) is 5.83. The van der Waals surface area contributed by atoms with Crippen LogP contribution in [0.5, 0.6) is 0 Å². The predicted molar refractivity (Wildman–Crippen MR) is 112 cm³/mol. The number of nitriles is 1. The SMILES string of the molecule is N#C/C(NC(=O)c1ccccc1)=C(\Sc1ccccc1)S(=O)(=O)c1ccccc1. The van der Waals surface area contributed by atoms with Crippen LogP contribution in [0.15, 0.2) is 111 Å². The zero-order valence-electron chi connectivity index (χ0n) is 15.1. The molecule has 0 saturated carbocycles. The van der Waals surface area contributed by atoms with Gasteiger partial charge in [0.2, 0.25) is 9.84 Å². The molecule has 3 rings (SSSR count). The Labute approximate surface area is 173 Å². The fraction of sp³-hybridized carbons (Fsp3) is 0. The third kappa shape index (κ3) is 4.93. The molecule has 3 aromatic rings. The maximum Gasteiger partial charge on any atom is 0.256 e. The first-order valence-corrected chi connectivity index (χ1v) is 10.9. The number of sulfone groups is 1. The van der Waals surface area contributed by atoms with Crippen LogP contribution in [-0.4, -0.2) is 14.3 Å². The number of nitrogens with one attached hydrogen (secondary N) is 1. The lowest BCUT2D eigenvalue weighted by atomic mass is 10.2. The van der Waals surface area contributed by atoms with Gasteiger partial charge in [-0.1, -0.05) is 66.4 Å². The van der Waals surface area contributed by atoms with Gasteiger partial charge in [0.1, 0.15) is 16.0 Å². The van der Waals surface area contributed by atoms with Crippen molar-refractivity contribution in [1.82, 2.24) is 5.32 Å². The molecule has 1 amide bonds. The Morgan fingerprint density at radius 3 is 1.90 bits per heavy atom. The summed E-state index contributed by atoms with van der Waals surface area (Å²) < 4.78 is 26.3. The van der Waals surface area contributed by atoms with E-state index in [0.29, 0.717) is 10.5 Å². The maximum atomic E-state index is 13.3. The molecule has 29 heavy (non-hydrogen) atoms. The van der Waals surface area contributed by atoms with Gasteiger partial charge < -0.3 is 5.32 Å². The number of hydrogen-bond donors (Lipinski definition) is 1. The molecular weight excluding hydrogens is 404 g/mol. The summed E-state index contributed by atoms with van der Waals surface area (Å²) in [6, 6.07) is 26.8. The second kappa shape index (κ2) is 9.24. The summed E-state index contributed by atoms with van der Waals surface area (Å²) in [5.74, 6) is -0.559. The lowest BCUT2D eigenvalue weighted by Crippen LogP contribution is -2.24. The number of thioether (sulfide) groups is 1. The summed E-state index contributed by atoms with van der Waals surface area (Å²) in [6.07, 6.45) is 0. The molecule has 0 fully saturated rings. The molecule has 0 aromatic heterocycles. The number of allylic oxidation sites excluding steroid dienone is 1. The van der Waals surface area contributed by atoms with Crippen molar-refractivity contribution in [1.29, 1.82) is 5.26 Å². The normalized spacial score (nSPS) is 11.8. The minimum absolute atomic E-state index is 0.0418. The third-order valence-corrected chi connectivity index (χ3v) is 7.23. The topological polar surface area (TPSA) is 87.0 Å². The Balaban J connectivity index is 2.09. The Kier molecular flexibility index (Phi) is 6.50. The van der Waals surface area contributed by atoms with Gasteiger partial charge in [0.25, 0.3) is 5.91 Å². The van der Waals surface area contributed by atoms with Crippen molar-refractivity contribution in [2.24, 2.45) is 0 Å². The molecule has 0 heterocycles. The monoisotopic (exact) mass is 420 g/mol. The van der Waals surface area contributed by atoms with Gasteiger partial charge in [-0.25, -0.2) is 8.42 Å². The summed E-state index contributed by atoms with van der Waals surface area (Å²) >= 11 is 0.915. The number of carbonyl (C=O) groups is 1. The van der Waals surface area contributed by atoms with E-state index in [2.05, 4.69) is 5.32 Å². The highest BCUT2D eigenvalue weighted by atomic mass is 32.3. The lowest BCUT2D eigenvalue weighted by Gasteiger charge is -2.13. The van der Waals surface area contributed by atoms with Gasteiger partial charge in [-0.05, 0) is 36.4 Å². The molecule has 0 radical (unpaired) electrons. The van der Waals surface area contributed by atoms with Crippen LogP contribution < -0.4 is 5.32 Å². The van der Waals surface area contributed by atoms with Gasteiger partial charge in [0, 0.05) is 10.5 Å². The van der Waals surface area contributed by atoms with E-state index in [1.54, 1.807) is 72.8 Å². The van der Waals surface area contributed by atoms with Gasteiger partial charge in [-0.3, -0.25) is 4.79 Å². The van der Waals surface area contributed by atoms with E-state index in [0.717, 1.165) is 11.8 Å². The van der Waals surface area contributed by atoms with Crippen molar-refractivity contribution in [2.75, 3.05) is 0 Å². The molecule has 0 aliphatic rings. The summed E-state index contributed by atoms with van der Waals surface area (Å²) in [5.41, 5.74) is -0.00187. The number of benzene rings is 3. The number of amides is 1. The lowest BCUT2D eigenvalue weighted by molar-refractivity contribution is 0.0967. The van der Waals surface area contributed by atoms with E-state index < -0.39 is 15.7 Å². The molecule has 0 atom stereocenters. The summed E-state index contributed by atoms with van der Waals surface area (Å²) in [6.45, 7) is 0. The molecular formula is C22H16N2O3S2. The van der Waals surface area contributed by atoms with Crippen LogP contribution in [0.1, 0.15) is 10.4 Å². The summed E-state index contributed by atoms with van der Waals surface area (Å²) in [5, 5.41) is 12.1. The molecule has 5 nitrogen and oxygen atoms in total. The number of carbonyl (C=O) groups excluding carboxylic acids is 1. The number of nitrogens with zero attached hydrogens (tertiary/aromatic N) is 1. The van der Waals surface area contributed by atoms with Crippen LogP contribution >= 0.6 is 11.8 Å². The zero-order chi connectivity index (χ0) is 20.7. The standard InChI is InChI=1S/C22H16N2O3S2/c23-16-20(24-21(25)17-10-4-1-5-11-17)22(28-18-12-6-2-7-13-18)29(26,27)19-14-8-3-9-15-19/h1-15H,(H,24,25)/b22-20-. The molecule has 0 unspecified atom stereocenters. The smallest absolute Gasteiger partial charge is 0.256 e. The fourth-order valence-corrected chi connectivity index (χ4v) is 5.26. The molecule has 0 bridgehead atoms. The van der Waals surface area contributed by atoms with E-state index in [1.807, 2.05) is 12.1 Å². The van der Waals surface area contributed by atoms with Crippen molar-refractivity contribution < 1.29 is 13.2 Å². The van der Waals surface area contributed by atoms with E-state index in [-0.39, 0.29) is 14.8 Å². The van der Waals surface area contributed by atoms with Gasteiger partial charge in [0.15, 0.2) is 0 Å². The van der Waals surface area contributed by atoms with Crippen molar-refractivity contribution in [2.45, 2.75) is 9.79 Å². The minimum atomic E-state index is -4.03. The summed E-state index contributed by atoms with van der Waals surface area (Å²) in [7, 11) is -4.03.